The fraction of sp³-hybridized carbons (Fsp3) is 0. The summed E-state index contributed by atoms with van der Waals surface area (Å²) in [6.07, 6.45) is 1.29. The normalized spacial score (nSPS) is 10.7. The van der Waals surface area contributed by atoms with Crippen molar-refractivity contribution in [3.63, 3.8) is 0 Å². The van der Waals surface area contributed by atoms with Crippen LogP contribution in [0.1, 0.15) is 5.56 Å². The number of aromatic nitrogens is 1. The molecule has 0 aliphatic heterocycles. The van der Waals surface area contributed by atoms with Crippen molar-refractivity contribution in [2.75, 3.05) is 4.72 Å². The third-order valence-corrected chi connectivity index (χ3v) is 3.83. The van der Waals surface area contributed by atoms with Gasteiger partial charge in [-0.25, -0.2) is 13.4 Å². The number of benzene rings is 1. The summed E-state index contributed by atoms with van der Waals surface area (Å²) in [4.78, 5) is 3.88. The fourth-order valence-corrected chi connectivity index (χ4v) is 2.66. The van der Waals surface area contributed by atoms with Gasteiger partial charge in [-0.05, 0) is 30.3 Å². The fourth-order valence-electron chi connectivity index (χ4n) is 1.35. The van der Waals surface area contributed by atoms with Gasteiger partial charge in [0.1, 0.15) is 11.9 Å². The van der Waals surface area contributed by atoms with E-state index in [9.17, 15) is 8.42 Å². The topological polar surface area (TPSA) is 82.9 Å². The largest absolute Gasteiger partial charge is 0.263 e. The van der Waals surface area contributed by atoms with Crippen LogP contribution in [-0.4, -0.2) is 13.4 Å². The summed E-state index contributed by atoms with van der Waals surface area (Å²) in [6.45, 7) is 0. The van der Waals surface area contributed by atoms with Crippen molar-refractivity contribution in [3.05, 3.63) is 53.2 Å². The van der Waals surface area contributed by atoms with Crippen LogP contribution in [0.15, 0.2) is 47.5 Å². The molecule has 0 fully saturated rings. The summed E-state index contributed by atoms with van der Waals surface area (Å²) in [5.74, 6) is 0.138. The van der Waals surface area contributed by atoms with Gasteiger partial charge in [0.25, 0.3) is 10.0 Å². The predicted molar refractivity (Wildman–Crippen MR) is 71.2 cm³/mol. The van der Waals surface area contributed by atoms with Gasteiger partial charge in [0.05, 0.1) is 10.5 Å². The van der Waals surface area contributed by atoms with Gasteiger partial charge in [-0.2, -0.15) is 5.26 Å². The van der Waals surface area contributed by atoms with Crippen molar-refractivity contribution < 1.29 is 8.42 Å². The lowest BCUT2D eigenvalue weighted by Crippen LogP contribution is -2.13. The molecule has 0 radical (unpaired) electrons. The molecular weight excluding hydrogens is 286 g/mol. The standard InChI is InChI=1S/C12H8ClN3O2S/c13-10-2-1-3-11(6-10)19(17,18)16-12-5-4-9(7-14)8-15-12/h1-6,8H,(H,15,16). The van der Waals surface area contributed by atoms with Gasteiger partial charge in [-0.3, -0.25) is 4.72 Å². The highest BCUT2D eigenvalue weighted by Crippen LogP contribution is 2.18. The lowest BCUT2D eigenvalue weighted by molar-refractivity contribution is 0.601. The SMILES string of the molecule is N#Cc1ccc(NS(=O)(=O)c2cccc(Cl)c2)nc1. The maximum Gasteiger partial charge on any atom is 0.263 e. The van der Waals surface area contributed by atoms with Crippen molar-refractivity contribution in [3.8, 4) is 6.07 Å². The molecule has 7 heteroatoms. The Bertz CT molecular complexity index is 736. The molecule has 5 nitrogen and oxygen atoms in total. The first-order valence-corrected chi connectivity index (χ1v) is 7.02. The molecule has 96 valence electrons. The van der Waals surface area contributed by atoms with Crippen LogP contribution in [0.4, 0.5) is 5.82 Å². The molecule has 1 aromatic carbocycles. The minimum atomic E-state index is -3.74. The van der Waals surface area contributed by atoms with Gasteiger partial charge in [0.15, 0.2) is 0 Å². The second-order valence-corrected chi connectivity index (χ2v) is 5.73. The van der Waals surface area contributed by atoms with E-state index >= 15 is 0 Å². The highest BCUT2D eigenvalue weighted by atomic mass is 35.5. The Hall–Kier alpha value is -2.10. The molecule has 1 heterocycles. The monoisotopic (exact) mass is 293 g/mol. The summed E-state index contributed by atoms with van der Waals surface area (Å²) in [5.41, 5.74) is 0.353. The van der Waals surface area contributed by atoms with Crippen molar-refractivity contribution in [2.45, 2.75) is 4.90 Å². The van der Waals surface area contributed by atoms with Crippen LogP contribution in [0, 0.1) is 11.3 Å². The lowest BCUT2D eigenvalue weighted by atomic mass is 10.3. The number of sulfonamides is 1. The predicted octanol–water partition coefficient (Wildman–Crippen LogP) is 2.41. The second kappa shape index (κ2) is 5.26. The van der Waals surface area contributed by atoms with E-state index in [2.05, 4.69) is 9.71 Å². The van der Waals surface area contributed by atoms with Gasteiger partial charge in [0.2, 0.25) is 0 Å². The third kappa shape index (κ3) is 3.22. The first-order valence-electron chi connectivity index (χ1n) is 5.16. The summed E-state index contributed by atoms with van der Waals surface area (Å²) < 4.78 is 26.4. The zero-order valence-corrected chi connectivity index (χ0v) is 11.1. The first kappa shape index (κ1) is 13.3. The Morgan fingerprint density at radius 1 is 1.26 bits per heavy atom. The lowest BCUT2D eigenvalue weighted by Gasteiger charge is -2.07. The number of hydrogen-bond acceptors (Lipinski definition) is 4. The summed E-state index contributed by atoms with van der Waals surface area (Å²) in [6, 6.07) is 10.7. The molecular formula is C12H8ClN3O2S. The number of nitriles is 1. The van der Waals surface area contributed by atoms with Crippen LogP contribution in [-0.2, 0) is 10.0 Å². The Morgan fingerprint density at radius 3 is 2.63 bits per heavy atom. The van der Waals surface area contributed by atoms with Crippen LogP contribution in [0.25, 0.3) is 0 Å². The molecule has 1 N–H and O–H groups in total. The van der Waals surface area contributed by atoms with E-state index in [-0.39, 0.29) is 10.7 Å². The summed E-state index contributed by atoms with van der Waals surface area (Å²) in [7, 11) is -3.74. The number of rotatable bonds is 3. The smallest absolute Gasteiger partial charge is 0.263 e. The average Bonchev–Trinajstić information content (AvgIpc) is 2.39. The van der Waals surface area contributed by atoms with Crippen molar-refractivity contribution in [1.82, 2.24) is 4.98 Å². The maximum absolute atomic E-state index is 12.0. The molecule has 2 rings (SSSR count). The molecule has 0 atom stereocenters. The molecule has 1 aromatic heterocycles. The highest BCUT2D eigenvalue weighted by Gasteiger charge is 2.14. The van der Waals surface area contributed by atoms with E-state index in [0.717, 1.165) is 0 Å². The second-order valence-electron chi connectivity index (χ2n) is 3.61. The molecule has 0 amide bonds. The number of halogens is 1. The van der Waals surface area contributed by atoms with Gasteiger partial charge in [0, 0.05) is 11.2 Å². The quantitative estimate of drug-likeness (QED) is 0.942. The Kier molecular flexibility index (Phi) is 3.69. The van der Waals surface area contributed by atoms with Crippen molar-refractivity contribution in [2.24, 2.45) is 0 Å². The molecule has 0 saturated carbocycles. The number of anilines is 1. The summed E-state index contributed by atoms with van der Waals surface area (Å²) in [5, 5.41) is 8.96. The van der Waals surface area contributed by atoms with E-state index in [0.29, 0.717) is 10.6 Å². The number of nitrogens with one attached hydrogen (secondary N) is 1. The number of pyridine rings is 1. The minimum absolute atomic E-state index is 0.0474. The van der Waals surface area contributed by atoms with Crippen LogP contribution >= 0.6 is 11.6 Å². The Morgan fingerprint density at radius 2 is 2.05 bits per heavy atom. The van der Waals surface area contributed by atoms with Gasteiger partial charge in [-0.15, -0.1) is 0 Å². The van der Waals surface area contributed by atoms with E-state index in [1.54, 1.807) is 12.1 Å². The molecule has 0 aliphatic carbocycles. The van der Waals surface area contributed by atoms with Crippen LogP contribution in [0.3, 0.4) is 0 Å². The zero-order valence-electron chi connectivity index (χ0n) is 9.54. The van der Waals surface area contributed by atoms with E-state index in [1.807, 2.05) is 6.07 Å². The Balaban J connectivity index is 2.28. The van der Waals surface area contributed by atoms with Crippen LogP contribution in [0.2, 0.25) is 5.02 Å². The molecule has 0 bridgehead atoms. The summed E-state index contributed by atoms with van der Waals surface area (Å²) >= 11 is 5.75. The molecule has 0 aliphatic rings. The van der Waals surface area contributed by atoms with E-state index in [1.165, 1.54) is 30.5 Å². The molecule has 2 aromatic rings. The van der Waals surface area contributed by atoms with Crippen LogP contribution < -0.4 is 4.72 Å². The molecule has 0 saturated heterocycles. The number of nitrogens with zero attached hydrogens (tertiary/aromatic N) is 2. The van der Waals surface area contributed by atoms with Gasteiger partial charge < -0.3 is 0 Å². The van der Waals surface area contributed by atoms with Gasteiger partial charge >= 0.3 is 0 Å². The minimum Gasteiger partial charge on any atom is -0.263 e. The van der Waals surface area contributed by atoms with Crippen LogP contribution in [0.5, 0.6) is 0 Å². The maximum atomic E-state index is 12.0. The van der Waals surface area contributed by atoms with E-state index < -0.39 is 10.0 Å². The van der Waals surface area contributed by atoms with Crippen molar-refractivity contribution in [1.29, 1.82) is 5.26 Å². The van der Waals surface area contributed by atoms with E-state index in [4.69, 9.17) is 16.9 Å². The van der Waals surface area contributed by atoms with Crippen molar-refractivity contribution >= 4 is 27.4 Å². The Labute approximate surface area is 115 Å². The number of hydrogen-bond donors (Lipinski definition) is 1. The van der Waals surface area contributed by atoms with Gasteiger partial charge in [-0.1, -0.05) is 17.7 Å². The zero-order chi connectivity index (χ0) is 13.9. The molecule has 19 heavy (non-hydrogen) atoms. The molecule has 0 spiro atoms. The third-order valence-electron chi connectivity index (χ3n) is 2.24. The highest BCUT2D eigenvalue weighted by molar-refractivity contribution is 7.92. The molecule has 0 unspecified atom stereocenters. The average molecular weight is 294 g/mol. The first-order chi connectivity index (χ1) is 9.01.